The smallest absolute Gasteiger partial charge is 0.0310 e. The third-order valence-corrected chi connectivity index (χ3v) is 2.27. The lowest BCUT2D eigenvalue weighted by Crippen LogP contribution is -2.19. The van der Waals surface area contributed by atoms with E-state index in [9.17, 15) is 0 Å². The van der Waals surface area contributed by atoms with Crippen LogP contribution in [0.5, 0.6) is 0 Å². The largest absolute Gasteiger partial charge is 0.309 e. The first-order chi connectivity index (χ1) is 5.24. The van der Waals surface area contributed by atoms with Crippen LogP contribution in [-0.4, -0.2) is 12.6 Å². The Balaban J connectivity index is 2.00. The monoisotopic (exact) mass is 173 g/mol. The molecule has 1 aliphatic rings. The SMILES string of the molecule is C=C(Cl)CNC1CC1CCC. The van der Waals surface area contributed by atoms with Gasteiger partial charge in [0.2, 0.25) is 0 Å². The summed E-state index contributed by atoms with van der Waals surface area (Å²) in [4.78, 5) is 0. The maximum atomic E-state index is 5.62. The molecule has 1 N–H and O–H groups in total. The Hall–Kier alpha value is -0.0100. The van der Waals surface area contributed by atoms with Crippen molar-refractivity contribution in [2.24, 2.45) is 5.92 Å². The van der Waals surface area contributed by atoms with Crippen molar-refractivity contribution < 1.29 is 0 Å². The van der Waals surface area contributed by atoms with Crippen molar-refractivity contribution in [2.75, 3.05) is 6.54 Å². The highest BCUT2D eigenvalue weighted by Gasteiger charge is 2.35. The van der Waals surface area contributed by atoms with Crippen LogP contribution in [0, 0.1) is 5.92 Å². The topological polar surface area (TPSA) is 12.0 Å². The number of hydrogen-bond donors (Lipinski definition) is 1. The van der Waals surface area contributed by atoms with E-state index in [0.717, 1.165) is 18.5 Å². The molecule has 2 atom stereocenters. The van der Waals surface area contributed by atoms with Crippen LogP contribution >= 0.6 is 11.6 Å². The van der Waals surface area contributed by atoms with E-state index in [0.29, 0.717) is 5.03 Å². The van der Waals surface area contributed by atoms with E-state index in [2.05, 4.69) is 18.8 Å². The van der Waals surface area contributed by atoms with Gasteiger partial charge in [-0.05, 0) is 18.8 Å². The molecule has 64 valence electrons. The second kappa shape index (κ2) is 4.13. The number of halogens is 1. The quantitative estimate of drug-likeness (QED) is 0.674. The summed E-state index contributed by atoms with van der Waals surface area (Å²) in [5.74, 6) is 0.913. The predicted octanol–water partition coefficient (Wildman–Crippen LogP) is 2.52. The lowest BCUT2D eigenvalue weighted by atomic mass is 10.2. The van der Waals surface area contributed by atoms with Gasteiger partial charge in [-0.15, -0.1) is 0 Å². The molecular formula is C9H16ClN. The molecule has 11 heavy (non-hydrogen) atoms. The predicted molar refractivity (Wildman–Crippen MR) is 49.8 cm³/mol. The zero-order valence-electron chi connectivity index (χ0n) is 7.07. The molecule has 0 heterocycles. The summed E-state index contributed by atoms with van der Waals surface area (Å²) in [7, 11) is 0. The van der Waals surface area contributed by atoms with E-state index in [4.69, 9.17) is 11.6 Å². The third kappa shape index (κ3) is 3.26. The number of nitrogens with one attached hydrogen (secondary N) is 1. The van der Waals surface area contributed by atoms with Crippen molar-refractivity contribution in [2.45, 2.75) is 32.2 Å². The fourth-order valence-corrected chi connectivity index (χ4v) is 1.51. The maximum absolute atomic E-state index is 5.62. The molecule has 1 saturated carbocycles. The average molecular weight is 174 g/mol. The third-order valence-electron chi connectivity index (χ3n) is 2.14. The lowest BCUT2D eigenvalue weighted by Gasteiger charge is -2.00. The van der Waals surface area contributed by atoms with Crippen molar-refractivity contribution >= 4 is 11.6 Å². The highest BCUT2D eigenvalue weighted by molar-refractivity contribution is 6.29. The maximum Gasteiger partial charge on any atom is 0.0310 e. The Bertz CT molecular complexity index is 144. The summed E-state index contributed by atoms with van der Waals surface area (Å²) in [5, 5.41) is 4.07. The van der Waals surface area contributed by atoms with Gasteiger partial charge in [-0.1, -0.05) is 31.5 Å². The molecule has 0 saturated heterocycles. The van der Waals surface area contributed by atoms with Crippen LogP contribution in [-0.2, 0) is 0 Å². The minimum Gasteiger partial charge on any atom is -0.309 e. The molecule has 2 unspecified atom stereocenters. The Morgan fingerprint density at radius 3 is 3.00 bits per heavy atom. The Morgan fingerprint density at radius 2 is 2.45 bits per heavy atom. The van der Waals surface area contributed by atoms with E-state index >= 15 is 0 Å². The molecule has 0 aromatic heterocycles. The highest BCUT2D eigenvalue weighted by Crippen LogP contribution is 2.34. The summed E-state index contributed by atoms with van der Waals surface area (Å²) in [6.45, 7) is 6.63. The zero-order chi connectivity index (χ0) is 8.27. The fourth-order valence-electron chi connectivity index (χ4n) is 1.43. The Labute approximate surface area is 73.8 Å². The summed E-state index contributed by atoms with van der Waals surface area (Å²) >= 11 is 5.62. The van der Waals surface area contributed by atoms with Gasteiger partial charge in [0.1, 0.15) is 0 Å². The van der Waals surface area contributed by atoms with Gasteiger partial charge in [-0.25, -0.2) is 0 Å². The van der Waals surface area contributed by atoms with Gasteiger partial charge in [0.15, 0.2) is 0 Å². The van der Waals surface area contributed by atoms with Crippen molar-refractivity contribution in [3.05, 3.63) is 11.6 Å². The minimum absolute atomic E-state index is 0.715. The first-order valence-corrected chi connectivity index (χ1v) is 4.68. The first-order valence-electron chi connectivity index (χ1n) is 4.30. The molecule has 1 nitrogen and oxygen atoms in total. The molecule has 0 spiro atoms. The van der Waals surface area contributed by atoms with E-state index in [1.807, 2.05) is 0 Å². The molecule has 0 amide bonds. The Morgan fingerprint density at radius 1 is 1.73 bits per heavy atom. The van der Waals surface area contributed by atoms with Gasteiger partial charge < -0.3 is 5.32 Å². The van der Waals surface area contributed by atoms with E-state index in [1.165, 1.54) is 19.3 Å². The molecule has 0 aliphatic heterocycles. The number of hydrogen-bond acceptors (Lipinski definition) is 1. The summed E-state index contributed by atoms with van der Waals surface area (Å²) in [5.41, 5.74) is 0. The molecule has 1 fully saturated rings. The zero-order valence-corrected chi connectivity index (χ0v) is 7.82. The molecule has 2 heteroatoms. The van der Waals surface area contributed by atoms with Gasteiger partial charge in [0.25, 0.3) is 0 Å². The highest BCUT2D eigenvalue weighted by atomic mass is 35.5. The van der Waals surface area contributed by atoms with Gasteiger partial charge in [-0.2, -0.15) is 0 Å². The van der Waals surface area contributed by atoms with Gasteiger partial charge in [0.05, 0.1) is 0 Å². The van der Waals surface area contributed by atoms with Crippen molar-refractivity contribution in [1.82, 2.24) is 5.32 Å². The first kappa shape index (κ1) is 9.08. The molecule has 0 aromatic carbocycles. The van der Waals surface area contributed by atoms with E-state index in [1.54, 1.807) is 0 Å². The summed E-state index contributed by atoms with van der Waals surface area (Å²) in [6.07, 6.45) is 3.98. The number of rotatable bonds is 5. The van der Waals surface area contributed by atoms with Crippen LogP contribution in [0.3, 0.4) is 0 Å². The molecule has 1 aliphatic carbocycles. The summed E-state index contributed by atoms with van der Waals surface area (Å²) < 4.78 is 0. The van der Waals surface area contributed by atoms with Crippen molar-refractivity contribution in [3.8, 4) is 0 Å². The van der Waals surface area contributed by atoms with Crippen LogP contribution in [0.15, 0.2) is 11.6 Å². The molecule has 0 aromatic rings. The lowest BCUT2D eigenvalue weighted by molar-refractivity contribution is 0.624. The molecule has 0 radical (unpaired) electrons. The second-order valence-corrected chi connectivity index (χ2v) is 3.82. The average Bonchev–Trinajstić information content (AvgIpc) is 2.64. The van der Waals surface area contributed by atoms with Crippen LogP contribution in [0.2, 0.25) is 0 Å². The Kier molecular flexibility index (Phi) is 3.41. The van der Waals surface area contributed by atoms with Gasteiger partial charge >= 0.3 is 0 Å². The minimum atomic E-state index is 0.715. The van der Waals surface area contributed by atoms with Gasteiger partial charge in [0, 0.05) is 17.6 Å². The molecule has 1 rings (SSSR count). The van der Waals surface area contributed by atoms with Crippen molar-refractivity contribution in [3.63, 3.8) is 0 Å². The normalized spacial score (nSPS) is 28.5. The van der Waals surface area contributed by atoms with Crippen LogP contribution in [0.1, 0.15) is 26.2 Å². The second-order valence-electron chi connectivity index (χ2n) is 3.29. The van der Waals surface area contributed by atoms with Gasteiger partial charge in [-0.3, -0.25) is 0 Å². The van der Waals surface area contributed by atoms with E-state index in [-0.39, 0.29) is 0 Å². The van der Waals surface area contributed by atoms with Crippen LogP contribution in [0.25, 0.3) is 0 Å². The molecular weight excluding hydrogens is 158 g/mol. The van der Waals surface area contributed by atoms with Crippen LogP contribution < -0.4 is 5.32 Å². The standard InChI is InChI=1S/C9H16ClN/c1-3-4-8-5-9(8)11-6-7(2)10/h8-9,11H,2-6H2,1H3. The summed E-state index contributed by atoms with van der Waals surface area (Å²) in [6, 6.07) is 0.727. The molecule has 0 bridgehead atoms. The van der Waals surface area contributed by atoms with Crippen LogP contribution in [0.4, 0.5) is 0 Å². The van der Waals surface area contributed by atoms with Crippen molar-refractivity contribution in [1.29, 1.82) is 0 Å². The fraction of sp³-hybridized carbons (Fsp3) is 0.778. The van der Waals surface area contributed by atoms with E-state index < -0.39 is 0 Å².